The van der Waals surface area contributed by atoms with Gasteiger partial charge in [0, 0.05) is 6.07 Å². The first kappa shape index (κ1) is 11.3. The number of nitrogens with zero attached hydrogens (tertiary/aromatic N) is 3. The van der Waals surface area contributed by atoms with Crippen LogP contribution < -0.4 is 5.73 Å². The van der Waals surface area contributed by atoms with E-state index >= 15 is 0 Å². The zero-order valence-corrected chi connectivity index (χ0v) is 8.87. The Labute approximate surface area is 96.9 Å². The minimum atomic E-state index is -1.29. The highest BCUT2D eigenvalue weighted by molar-refractivity contribution is 7.18. The topological polar surface area (TPSA) is 94.9 Å². The van der Waals surface area contributed by atoms with Gasteiger partial charge in [0.2, 0.25) is 10.9 Å². The molecular formula is C8H4F2N4O2S. The number of anilines is 1. The van der Waals surface area contributed by atoms with Gasteiger partial charge < -0.3 is 5.73 Å². The van der Waals surface area contributed by atoms with E-state index in [9.17, 15) is 18.9 Å². The van der Waals surface area contributed by atoms with E-state index < -0.39 is 27.8 Å². The molecule has 6 nitrogen and oxygen atoms in total. The van der Waals surface area contributed by atoms with E-state index in [1.165, 1.54) is 0 Å². The van der Waals surface area contributed by atoms with Gasteiger partial charge in [-0.1, -0.05) is 11.3 Å². The quantitative estimate of drug-likeness (QED) is 0.656. The van der Waals surface area contributed by atoms with Crippen LogP contribution in [0.25, 0.3) is 10.6 Å². The molecule has 1 aromatic carbocycles. The van der Waals surface area contributed by atoms with Gasteiger partial charge >= 0.3 is 5.69 Å². The van der Waals surface area contributed by atoms with E-state index in [-0.39, 0.29) is 10.1 Å². The molecule has 0 amide bonds. The first-order valence-electron chi connectivity index (χ1n) is 4.22. The highest BCUT2D eigenvalue weighted by Gasteiger charge is 2.24. The number of hydrogen-bond acceptors (Lipinski definition) is 6. The van der Waals surface area contributed by atoms with Crippen LogP contribution >= 0.6 is 11.3 Å². The molecule has 2 N–H and O–H groups in total. The molecule has 0 saturated carbocycles. The molecule has 2 rings (SSSR count). The number of nitrogens with two attached hydrogens (primary N) is 1. The Balaban J connectivity index is 2.68. The number of rotatable bonds is 2. The van der Waals surface area contributed by atoms with E-state index in [1.807, 2.05) is 0 Å². The number of aromatic nitrogens is 2. The summed E-state index contributed by atoms with van der Waals surface area (Å²) in [5.41, 5.74) is 3.87. The largest absolute Gasteiger partial charge is 0.374 e. The van der Waals surface area contributed by atoms with E-state index in [0.29, 0.717) is 0 Å². The van der Waals surface area contributed by atoms with Gasteiger partial charge in [0.15, 0.2) is 5.01 Å². The minimum Gasteiger partial charge on any atom is -0.374 e. The van der Waals surface area contributed by atoms with Gasteiger partial charge in [-0.25, -0.2) is 4.39 Å². The molecule has 1 heterocycles. The normalized spacial score (nSPS) is 10.5. The highest BCUT2D eigenvalue weighted by Crippen LogP contribution is 2.33. The van der Waals surface area contributed by atoms with Crippen molar-refractivity contribution in [2.24, 2.45) is 0 Å². The Morgan fingerprint density at radius 1 is 1.35 bits per heavy atom. The Morgan fingerprint density at radius 2 is 2.06 bits per heavy atom. The summed E-state index contributed by atoms with van der Waals surface area (Å²) in [6, 6.07) is 1.55. The Bertz CT molecular complexity index is 601. The van der Waals surface area contributed by atoms with Gasteiger partial charge in [-0.3, -0.25) is 10.1 Å². The average molecular weight is 258 g/mol. The van der Waals surface area contributed by atoms with Gasteiger partial charge in [0.05, 0.1) is 10.5 Å². The predicted molar refractivity (Wildman–Crippen MR) is 56.3 cm³/mol. The van der Waals surface area contributed by atoms with E-state index in [1.54, 1.807) is 0 Å². The lowest BCUT2D eigenvalue weighted by Gasteiger charge is -2.00. The highest BCUT2D eigenvalue weighted by atomic mass is 32.1. The zero-order chi connectivity index (χ0) is 12.6. The Morgan fingerprint density at radius 3 is 2.59 bits per heavy atom. The molecule has 17 heavy (non-hydrogen) atoms. The fourth-order valence-electron chi connectivity index (χ4n) is 1.21. The molecule has 2 aromatic rings. The lowest BCUT2D eigenvalue weighted by molar-refractivity contribution is -0.387. The van der Waals surface area contributed by atoms with Crippen molar-refractivity contribution in [3.63, 3.8) is 0 Å². The third-order valence-corrected chi connectivity index (χ3v) is 2.69. The maximum absolute atomic E-state index is 13.7. The van der Waals surface area contributed by atoms with Crippen LogP contribution in [0.5, 0.6) is 0 Å². The summed E-state index contributed by atoms with van der Waals surface area (Å²) in [6.45, 7) is 0. The maximum Gasteiger partial charge on any atom is 0.305 e. The van der Waals surface area contributed by atoms with Crippen LogP contribution in [-0.4, -0.2) is 15.1 Å². The predicted octanol–water partition coefficient (Wildman–Crippen LogP) is 1.97. The molecule has 1 aromatic heterocycles. The van der Waals surface area contributed by atoms with Crippen LogP contribution in [0.1, 0.15) is 0 Å². The molecule has 0 aliphatic carbocycles. The van der Waals surface area contributed by atoms with Gasteiger partial charge in [-0.05, 0) is 6.07 Å². The van der Waals surface area contributed by atoms with Gasteiger partial charge in [-0.15, -0.1) is 10.2 Å². The molecule has 9 heteroatoms. The SMILES string of the molecule is Nc1nnc(-c2c(F)ccc([N+](=O)[O-])c2F)s1. The average Bonchev–Trinajstić information content (AvgIpc) is 2.64. The molecule has 0 spiro atoms. The summed E-state index contributed by atoms with van der Waals surface area (Å²) in [4.78, 5) is 9.57. The molecule has 0 unspecified atom stereocenters. The van der Waals surface area contributed by atoms with Crippen molar-refractivity contribution in [3.8, 4) is 10.6 Å². The van der Waals surface area contributed by atoms with Gasteiger partial charge in [0.1, 0.15) is 5.82 Å². The van der Waals surface area contributed by atoms with Gasteiger partial charge in [-0.2, -0.15) is 4.39 Å². The van der Waals surface area contributed by atoms with Crippen LogP contribution in [0.2, 0.25) is 0 Å². The van der Waals surface area contributed by atoms with E-state index in [2.05, 4.69) is 10.2 Å². The number of nitrogen functional groups attached to an aromatic ring is 1. The number of nitro benzene ring substituents is 1. The van der Waals surface area contributed by atoms with Crippen LogP contribution in [0.4, 0.5) is 19.6 Å². The molecule has 88 valence electrons. The second kappa shape index (κ2) is 4.01. The monoisotopic (exact) mass is 258 g/mol. The second-order valence-electron chi connectivity index (χ2n) is 2.96. The summed E-state index contributed by atoms with van der Waals surface area (Å²) in [7, 11) is 0. The summed E-state index contributed by atoms with van der Waals surface area (Å²) in [5, 5.41) is 17.2. The van der Waals surface area contributed by atoms with Crippen LogP contribution in [0, 0.1) is 21.7 Å². The van der Waals surface area contributed by atoms with Crippen LogP contribution in [0.3, 0.4) is 0 Å². The molecule has 0 atom stereocenters. The van der Waals surface area contributed by atoms with Crippen molar-refractivity contribution >= 4 is 22.2 Å². The molecule has 0 bridgehead atoms. The molecule has 0 saturated heterocycles. The second-order valence-corrected chi connectivity index (χ2v) is 3.97. The molecule has 0 radical (unpaired) electrons. The van der Waals surface area contributed by atoms with Crippen molar-refractivity contribution in [1.82, 2.24) is 10.2 Å². The summed E-state index contributed by atoms with van der Waals surface area (Å²) >= 11 is 0.743. The van der Waals surface area contributed by atoms with Crippen molar-refractivity contribution in [2.75, 3.05) is 5.73 Å². The zero-order valence-electron chi connectivity index (χ0n) is 8.05. The minimum absolute atomic E-state index is 0.0188. The molecule has 0 fully saturated rings. The van der Waals surface area contributed by atoms with Crippen molar-refractivity contribution in [1.29, 1.82) is 0 Å². The van der Waals surface area contributed by atoms with E-state index in [0.717, 1.165) is 23.5 Å². The van der Waals surface area contributed by atoms with E-state index in [4.69, 9.17) is 5.73 Å². The Kier molecular flexibility index (Phi) is 2.68. The lowest BCUT2D eigenvalue weighted by Crippen LogP contribution is -1.97. The van der Waals surface area contributed by atoms with Crippen LogP contribution in [0.15, 0.2) is 12.1 Å². The molecular weight excluding hydrogens is 254 g/mol. The fourth-order valence-corrected chi connectivity index (χ4v) is 1.86. The van der Waals surface area contributed by atoms with Crippen molar-refractivity contribution in [2.45, 2.75) is 0 Å². The Hall–Kier alpha value is -2.16. The molecule has 0 aliphatic rings. The summed E-state index contributed by atoms with van der Waals surface area (Å²) < 4.78 is 27.1. The number of nitro groups is 1. The van der Waals surface area contributed by atoms with Crippen molar-refractivity contribution in [3.05, 3.63) is 33.9 Å². The van der Waals surface area contributed by atoms with Crippen LogP contribution in [-0.2, 0) is 0 Å². The summed E-state index contributed by atoms with van der Waals surface area (Å²) in [5.74, 6) is -2.24. The third kappa shape index (κ3) is 1.91. The lowest BCUT2D eigenvalue weighted by atomic mass is 10.2. The standard InChI is InChI=1S/C8H4F2N4O2S/c9-3-1-2-4(14(15)16)6(10)5(3)7-12-13-8(11)17-7/h1-2H,(H2,11,13). The molecule has 0 aliphatic heterocycles. The number of hydrogen-bond donors (Lipinski definition) is 1. The van der Waals surface area contributed by atoms with Crippen molar-refractivity contribution < 1.29 is 13.7 Å². The van der Waals surface area contributed by atoms with Gasteiger partial charge in [0.25, 0.3) is 0 Å². The first-order chi connectivity index (χ1) is 8.00. The maximum atomic E-state index is 13.7. The summed E-state index contributed by atoms with van der Waals surface area (Å²) in [6.07, 6.45) is 0. The number of halogens is 2. The number of benzene rings is 1. The third-order valence-electron chi connectivity index (χ3n) is 1.92. The fraction of sp³-hybridized carbons (Fsp3) is 0. The first-order valence-corrected chi connectivity index (χ1v) is 5.04. The smallest absolute Gasteiger partial charge is 0.305 e.